The van der Waals surface area contributed by atoms with Crippen molar-refractivity contribution in [1.29, 1.82) is 0 Å². The van der Waals surface area contributed by atoms with Gasteiger partial charge in [-0.3, -0.25) is 5.10 Å². The maximum Gasteiger partial charge on any atom is 0.410 e. The second-order valence-corrected chi connectivity index (χ2v) is 5.02. The number of aromatic amines is 1. The van der Waals surface area contributed by atoms with Gasteiger partial charge in [-0.25, -0.2) is 4.79 Å². The molecule has 0 aliphatic carbocycles. The summed E-state index contributed by atoms with van der Waals surface area (Å²) in [7, 11) is 1.68. The molecule has 0 aromatic carbocycles. The third-order valence-electron chi connectivity index (χ3n) is 2.33. The Hall–Kier alpha value is -1.72. The predicted molar refractivity (Wildman–Crippen MR) is 65.4 cm³/mol. The maximum absolute atomic E-state index is 11.8. The molecule has 96 valence electrons. The van der Waals surface area contributed by atoms with Crippen LogP contribution in [0.2, 0.25) is 0 Å². The van der Waals surface area contributed by atoms with Crippen LogP contribution in [0.1, 0.15) is 39.4 Å². The second-order valence-electron chi connectivity index (χ2n) is 5.02. The standard InChI is InChI=1S/C11H20N4O2/c1-7(8-6-9(12)14-13-8)15(5)10(16)17-11(2,3)4/h6-7H,1-5H3,(H3,12,13,14)/t7-/m1/s1. The number of nitrogens with two attached hydrogens (primary N) is 1. The molecule has 6 nitrogen and oxygen atoms in total. The summed E-state index contributed by atoms with van der Waals surface area (Å²) in [6.45, 7) is 7.36. The minimum atomic E-state index is -0.502. The van der Waals surface area contributed by atoms with Crippen LogP contribution in [-0.4, -0.2) is 33.8 Å². The molecule has 6 heteroatoms. The van der Waals surface area contributed by atoms with Gasteiger partial charge >= 0.3 is 6.09 Å². The number of hydrogen-bond acceptors (Lipinski definition) is 4. The molecule has 1 atom stereocenters. The molecule has 0 radical (unpaired) electrons. The molecule has 1 aromatic rings. The summed E-state index contributed by atoms with van der Waals surface area (Å²) in [6, 6.07) is 1.53. The highest BCUT2D eigenvalue weighted by Gasteiger charge is 2.24. The number of anilines is 1. The van der Waals surface area contributed by atoms with E-state index in [1.165, 1.54) is 4.90 Å². The van der Waals surface area contributed by atoms with Crippen LogP contribution in [0.3, 0.4) is 0 Å². The summed E-state index contributed by atoms with van der Waals surface area (Å²) in [5, 5.41) is 6.61. The van der Waals surface area contributed by atoms with Gasteiger partial charge in [-0.05, 0) is 27.7 Å². The van der Waals surface area contributed by atoms with Crippen molar-refractivity contribution in [2.75, 3.05) is 12.8 Å². The molecule has 1 aromatic heterocycles. The third-order valence-corrected chi connectivity index (χ3v) is 2.33. The normalized spacial score (nSPS) is 13.2. The van der Waals surface area contributed by atoms with Crippen LogP contribution in [0.25, 0.3) is 0 Å². The highest BCUT2D eigenvalue weighted by atomic mass is 16.6. The van der Waals surface area contributed by atoms with Gasteiger partial charge in [0.25, 0.3) is 0 Å². The Kier molecular flexibility index (Phi) is 3.65. The number of aromatic nitrogens is 2. The molecule has 0 fully saturated rings. The fourth-order valence-electron chi connectivity index (χ4n) is 1.27. The first kappa shape index (κ1) is 13.3. The molecule has 1 rings (SSSR count). The molecule has 1 amide bonds. The SMILES string of the molecule is C[C@H](c1cc(N)n[nH]1)N(C)C(=O)OC(C)(C)C. The molecular weight excluding hydrogens is 220 g/mol. The summed E-state index contributed by atoms with van der Waals surface area (Å²) in [6.07, 6.45) is -0.377. The Labute approximate surface area is 101 Å². The van der Waals surface area contributed by atoms with Gasteiger partial charge < -0.3 is 15.4 Å². The number of ether oxygens (including phenoxy) is 1. The molecule has 0 unspecified atom stereocenters. The van der Waals surface area contributed by atoms with Crippen molar-refractivity contribution in [2.24, 2.45) is 0 Å². The summed E-state index contributed by atoms with van der Waals surface area (Å²) >= 11 is 0. The van der Waals surface area contributed by atoms with Gasteiger partial charge in [0, 0.05) is 13.1 Å². The number of nitrogens with one attached hydrogen (secondary N) is 1. The van der Waals surface area contributed by atoms with Gasteiger partial charge in [-0.15, -0.1) is 0 Å². The van der Waals surface area contributed by atoms with Crippen molar-refractivity contribution < 1.29 is 9.53 Å². The van der Waals surface area contributed by atoms with Crippen LogP contribution in [0.4, 0.5) is 10.6 Å². The number of amides is 1. The first-order valence-electron chi connectivity index (χ1n) is 5.47. The summed E-state index contributed by atoms with van der Waals surface area (Å²) < 4.78 is 5.27. The Morgan fingerprint density at radius 2 is 2.18 bits per heavy atom. The van der Waals surface area contributed by atoms with Crippen molar-refractivity contribution in [3.63, 3.8) is 0 Å². The van der Waals surface area contributed by atoms with E-state index in [0.717, 1.165) is 5.69 Å². The van der Waals surface area contributed by atoms with Gasteiger partial charge in [0.05, 0.1) is 11.7 Å². The lowest BCUT2D eigenvalue weighted by Crippen LogP contribution is -2.35. The van der Waals surface area contributed by atoms with E-state index in [0.29, 0.717) is 5.82 Å². The molecular formula is C11H20N4O2. The van der Waals surface area contributed by atoms with Crippen LogP contribution >= 0.6 is 0 Å². The van der Waals surface area contributed by atoms with Crippen LogP contribution in [-0.2, 0) is 4.74 Å². The number of carbonyl (C=O) groups is 1. The quantitative estimate of drug-likeness (QED) is 0.827. The average Bonchev–Trinajstić information content (AvgIpc) is 2.60. The minimum Gasteiger partial charge on any atom is -0.444 e. The van der Waals surface area contributed by atoms with Crippen molar-refractivity contribution in [3.8, 4) is 0 Å². The van der Waals surface area contributed by atoms with Crippen LogP contribution in [0.15, 0.2) is 6.07 Å². The summed E-state index contributed by atoms with van der Waals surface area (Å²) in [5.41, 5.74) is 5.79. The van der Waals surface area contributed by atoms with Gasteiger partial charge in [-0.2, -0.15) is 5.10 Å². The average molecular weight is 240 g/mol. The van der Waals surface area contributed by atoms with Crippen molar-refractivity contribution in [2.45, 2.75) is 39.3 Å². The highest BCUT2D eigenvalue weighted by Crippen LogP contribution is 2.20. The fourth-order valence-corrected chi connectivity index (χ4v) is 1.27. The first-order valence-corrected chi connectivity index (χ1v) is 5.47. The number of nitrogen functional groups attached to an aromatic ring is 1. The molecule has 0 saturated heterocycles. The number of nitrogens with zero attached hydrogens (tertiary/aromatic N) is 2. The first-order chi connectivity index (χ1) is 7.70. The van der Waals surface area contributed by atoms with E-state index in [4.69, 9.17) is 10.5 Å². The largest absolute Gasteiger partial charge is 0.444 e. The van der Waals surface area contributed by atoms with Crippen molar-refractivity contribution >= 4 is 11.9 Å². The molecule has 0 saturated carbocycles. The van der Waals surface area contributed by atoms with Gasteiger partial charge in [0.1, 0.15) is 11.4 Å². The second kappa shape index (κ2) is 4.65. The number of H-pyrrole nitrogens is 1. The van der Waals surface area contributed by atoms with Crippen LogP contribution in [0, 0.1) is 0 Å². The summed E-state index contributed by atoms with van der Waals surface area (Å²) in [4.78, 5) is 13.3. The number of carbonyl (C=O) groups excluding carboxylic acids is 1. The van der Waals surface area contributed by atoms with E-state index in [1.54, 1.807) is 13.1 Å². The Morgan fingerprint density at radius 1 is 1.59 bits per heavy atom. The minimum absolute atomic E-state index is 0.172. The van der Waals surface area contributed by atoms with E-state index in [9.17, 15) is 4.79 Å². The zero-order valence-corrected chi connectivity index (χ0v) is 10.9. The Morgan fingerprint density at radius 3 is 2.59 bits per heavy atom. The fraction of sp³-hybridized carbons (Fsp3) is 0.636. The highest BCUT2D eigenvalue weighted by molar-refractivity contribution is 5.68. The molecule has 0 aliphatic rings. The molecule has 17 heavy (non-hydrogen) atoms. The lowest BCUT2D eigenvalue weighted by atomic mass is 10.2. The molecule has 3 N–H and O–H groups in total. The van der Waals surface area contributed by atoms with Crippen LogP contribution < -0.4 is 5.73 Å². The van der Waals surface area contributed by atoms with Crippen molar-refractivity contribution in [3.05, 3.63) is 11.8 Å². The summed E-state index contributed by atoms with van der Waals surface area (Å²) in [5.74, 6) is 0.407. The number of rotatable bonds is 2. The van der Waals surface area contributed by atoms with E-state index >= 15 is 0 Å². The predicted octanol–water partition coefficient (Wildman–Crippen LogP) is 1.92. The molecule has 1 heterocycles. The Bertz CT molecular complexity index is 394. The van der Waals surface area contributed by atoms with E-state index < -0.39 is 5.60 Å². The Balaban J connectivity index is 2.70. The zero-order valence-electron chi connectivity index (χ0n) is 10.9. The zero-order chi connectivity index (χ0) is 13.2. The van der Waals surface area contributed by atoms with Crippen molar-refractivity contribution in [1.82, 2.24) is 15.1 Å². The molecule has 0 bridgehead atoms. The lowest BCUT2D eigenvalue weighted by molar-refractivity contribution is 0.0230. The molecule has 0 aliphatic heterocycles. The van der Waals surface area contributed by atoms with Crippen LogP contribution in [0.5, 0.6) is 0 Å². The third kappa shape index (κ3) is 3.65. The van der Waals surface area contributed by atoms with Gasteiger partial charge in [0.2, 0.25) is 0 Å². The number of hydrogen-bond donors (Lipinski definition) is 2. The monoisotopic (exact) mass is 240 g/mol. The maximum atomic E-state index is 11.8. The van der Waals surface area contributed by atoms with E-state index in [-0.39, 0.29) is 12.1 Å². The van der Waals surface area contributed by atoms with Gasteiger partial charge in [0.15, 0.2) is 0 Å². The molecule has 0 spiro atoms. The topological polar surface area (TPSA) is 84.2 Å². The smallest absolute Gasteiger partial charge is 0.410 e. The van der Waals surface area contributed by atoms with E-state index in [2.05, 4.69) is 10.2 Å². The lowest BCUT2D eigenvalue weighted by Gasteiger charge is -2.28. The van der Waals surface area contributed by atoms with E-state index in [1.807, 2.05) is 27.7 Å². The van der Waals surface area contributed by atoms with Gasteiger partial charge in [-0.1, -0.05) is 0 Å².